The summed E-state index contributed by atoms with van der Waals surface area (Å²) in [6.45, 7) is 2.80. The number of terminal acetylenes is 1. The molecule has 0 radical (unpaired) electrons. The van der Waals surface area contributed by atoms with Gasteiger partial charge in [-0.05, 0) is 25.7 Å². The fraction of sp³-hybridized carbons (Fsp3) is 0.692. The van der Waals surface area contributed by atoms with E-state index in [2.05, 4.69) is 11.2 Å². The Balaban J connectivity index is 2.60. The number of rotatable bonds is 6. The summed E-state index contributed by atoms with van der Waals surface area (Å²) in [7, 11) is 0. The highest BCUT2D eigenvalue weighted by molar-refractivity contribution is 5.77. The maximum absolute atomic E-state index is 12.0. The van der Waals surface area contributed by atoms with Gasteiger partial charge in [-0.15, -0.1) is 6.42 Å². The van der Waals surface area contributed by atoms with Crippen LogP contribution in [0, 0.1) is 12.3 Å². The summed E-state index contributed by atoms with van der Waals surface area (Å²) >= 11 is 0. The van der Waals surface area contributed by atoms with Crippen molar-refractivity contribution in [2.24, 2.45) is 0 Å². The van der Waals surface area contributed by atoms with Crippen molar-refractivity contribution >= 4 is 12.0 Å². The number of aliphatic carboxylic acids is 1. The maximum Gasteiger partial charge on any atom is 0.318 e. The molecule has 2 amide bonds. The lowest BCUT2D eigenvalue weighted by molar-refractivity contribution is -0.139. The van der Waals surface area contributed by atoms with Gasteiger partial charge in [0.1, 0.15) is 0 Å². The smallest absolute Gasteiger partial charge is 0.318 e. The molecule has 0 aliphatic heterocycles. The summed E-state index contributed by atoms with van der Waals surface area (Å²) in [5.41, 5.74) is -0.566. The highest BCUT2D eigenvalue weighted by atomic mass is 16.4. The Kier molecular flexibility index (Phi) is 5.02. The van der Waals surface area contributed by atoms with Crippen LogP contribution >= 0.6 is 0 Å². The Bertz CT molecular complexity index is 356. The molecule has 0 heterocycles. The van der Waals surface area contributed by atoms with E-state index in [9.17, 15) is 9.59 Å². The van der Waals surface area contributed by atoms with Crippen molar-refractivity contribution < 1.29 is 14.7 Å². The van der Waals surface area contributed by atoms with Gasteiger partial charge < -0.3 is 15.3 Å². The molecule has 1 aliphatic rings. The number of carboxylic acids is 1. The van der Waals surface area contributed by atoms with Crippen LogP contribution in [0.15, 0.2) is 0 Å². The Morgan fingerprint density at radius 1 is 1.50 bits per heavy atom. The highest BCUT2D eigenvalue weighted by Crippen LogP contribution is 2.35. The van der Waals surface area contributed by atoms with E-state index in [0.29, 0.717) is 6.54 Å². The number of nitrogens with zero attached hydrogens (tertiary/aromatic N) is 1. The van der Waals surface area contributed by atoms with Crippen molar-refractivity contribution in [2.75, 3.05) is 13.1 Å². The molecule has 5 heteroatoms. The zero-order chi connectivity index (χ0) is 13.6. The number of nitrogens with one attached hydrogen (secondary N) is 1. The molecule has 1 saturated carbocycles. The SMILES string of the molecule is C#CCN(CCC)C(=O)NC1(CC(=O)O)CCC1. The van der Waals surface area contributed by atoms with Gasteiger partial charge in [-0.1, -0.05) is 12.8 Å². The van der Waals surface area contributed by atoms with Gasteiger partial charge in [0.2, 0.25) is 0 Å². The van der Waals surface area contributed by atoms with Gasteiger partial charge in [-0.2, -0.15) is 0 Å². The molecule has 0 spiro atoms. The van der Waals surface area contributed by atoms with Gasteiger partial charge in [-0.25, -0.2) is 4.79 Å². The number of carbonyl (C=O) groups is 2. The number of amides is 2. The van der Waals surface area contributed by atoms with Crippen molar-refractivity contribution in [3.05, 3.63) is 0 Å². The molecule has 5 nitrogen and oxygen atoms in total. The lowest BCUT2D eigenvalue weighted by Crippen LogP contribution is -2.58. The van der Waals surface area contributed by atoms with Crippen LogP contribution in [-0.4, -0.2) is 40.6 Å². The molecule has 0 aromatic heterocycles. The fourth-order valence-corrected chi connectivity index (χ4v) is 2.18. The minimum absolute atomic E-state index is 0.0191. The molecule has 0 aromatic rings. The van der Waals surface area contributed by atoms with Crippen molar-refractivity contribution in [2.45, 2.75) is 44.6 Å². The third-order valence-corrected chi connectivity index (χ3v) is 3.24. The molecule has 0 aromatic carbocycles. The Hall–Kier alpha value is -1.70. The van der Waals surface area contributed by atoms with Crippen LogP contribution in [0.3, 0.4) is 0 Å². The predicted octanol–water partition coefficient (Wildman–Crippen LogP) is 1.44. The van der Waals surface area contributed by atoms with Gasteiger partial charge in [0.15, 0.2) is 0 Å². The first-order valence-corrected chi connectivity index (χ1v) is 6.25. The minimum atomic E-state index is -0.881. The monoisotopic (exact) mass is 252 g/mol. The van der Waals surface area contributed by atoms with E-state index in [1.807, 2.05) is 6.92 Å². The molecule has 1 rings (SSSR count). The van der Waals surface area contributed by atoms with Gasteiger partial charge in [0.25, 0.3) is 0 Å². The number of hydrogen-bond donors (Lipinski definition) is 2. The molecule has 1 fully saturated rings. The largest absolute Gasteiger partial charge is 0.481 e. The van der Waals surface area contributed by atoms with E-state index >= 15 is 0 Å². The number of carboxylic acid groups (broad SMARTS) is 1. The number of carbonyl (C=O) groups excluding carboxylic acids is 1. The van der Waals surface area contributed by atoms with Crippen molar-refractivity contribution in [1.29, 1.82) is 0 Å². The minimum Gasteiger partial charge on any atom is -0.481 e. The average Bonchev–Trinajstić information content (AvgIpc) is 2.25. The second-order valence-electron chi connectivity index (χ2n) is 4.76. The zero-order valence-corrected chi connectivity index (χ0v) is 10.7. The summed E-state index contributed by atoms with van der Waals surface area (Å²) in [6.07, 6.45) is 8.43. The molecule has 100 valence electrons. The predicted molar refractivity (Wildman–Crippen MR) is 68.1 cm³/mol. The average molecular weight is 252 g/mol. The summed E-state index contributed by atoms with van der Waals surface area (Å²) in [5.74, 6) is 1.56. The van der Waals surface area contributed by atoms with Crippen molar-refractivity contribution in [3.8, 4) is 12.3 Å². The summed E-state index contributed by atoms with van der Waals surface area (Å²) in [5, 5.41) is 11.7. The number of urea groups is 1. The highest BCUT2D eigenvalue weighted by Gasteiger charge is 2.41. The van der Waals surface area contributed by atoms with Crippen molar-refractivity contribution in [3.63, 3.8) is 0 Å². The van der Waals surface area contributed by atoms with Gasteiger partial charge >= 0.3 is 12.0 Å². The van der Waals surface area contributed by atoms with Gasteiger partial charge in [-0.3, -0.25) is 4.79 Å². The summed E-state index contributed by atoms with van der Waals surface area (Å²) < 4.78 is 0. The Labute approximate surface area is 108 Å². The quantitative estimate of drug-likeness (QED) is 0.703. The van der Waals surface area contributed by atoms with Crippen LogP contribution in [0.5, 0.6) is 0 Å². The molecule has 0 atom stereocenters. The summed E-state index contributed by atoms with van der Waals surface area (Å²) in [6, 6.07) is -0.254. The van der Waals surface area contributed by atoms with E-state index < -0.39 is 11.5 Å². The third-order valence-electron chi connectivity index (χ3n) is 3.24. The molecular formula is C13H20N2O3. The fourth-order valence-electron chi connectivity index (χ4n) is 2.18. The van der Waals surface area contributed by atoms with Crippen LogP contribution in [0.4, 0.5) is 4.79 Å². The standard InChI is InChI=1S/C13H20N2O3/c1-3-8-15(9-4-2)12(18)14-13(6-5-7-13)10-11(16)17/h1H,4-10H2,2H3,(H,14,18)(H,16,17). The Morgan fingerprint density at radius 2 is 2.17 bits per heavy atom. The maximum atomic E-state index is 12.0. The van der Waals surface area contributed by atoms with Crippen LogP contribution < -0.4 is 5.32 Å². The van der Waals surface area contributed by atoms with Crippen molar-refractivity contribution in [1.82, 2.24) is 10.2 Å². The molecule has 0 bridgehead atoms. The number of hydrogen-bond acceptors (Lipinski definition) is 2. The van der Waals surface area contributed by atoms with Gasteiger partial charge in [0, 0.05) is 6.54 Å². The lowest BCUT2D eigenvalue weighted by Gasteiger charge is -2.42. The molecule has 0 saturated heterocycles. The second kappa shape index (κ2) is 6.29. The van der Waals surface area contributed by atoms with E-state index in [-0.39, 0.29) is 19.0 Å². The zero-order valence-electron chi connectivity index (χ0n) is 10.7. The molecule has 0 unspecified atom stereocenters. The topological polar surface area (TPSA) is 69.6 Å². The second-order valence-corrected chi connectivity index (χ2v) is 4.76. The van der Waals surface area contributed by atoms with Crippen LogP contribution in [0.1, 0.15) is 39.0 Å². The van der Waals surface area contributed by atoms with Crippen LogP contribution in [-0.2, 0) is 4.79 Å². The summed E-state index contributed by atoms with van der Waals surface area (Å²) in [4.78, 5) is 24.4. The lowest BCUT2D eigenvalue weighted by atomic mass is 9.74. The first-order valence-electron chi connectivity index (χ1n) is 6.25. The third kappa shape index (κ3) is 3.66. The van der Waals surface area contributed by atoms with E-state index in [1.54, 1.807) is 4.90 Å². The van der Waals surface area contributed by atoms with E-state index in [1.165, 1.54) is 0 Å². The molecular weight excluding hydrogens is 232 g/mol. The van der Waals surface area contributed by atoms with E-state index in [0.717, 1.165) is 25.7 Å². The normalized spacial score (nSPS) is 16.2. The first-order chi connectivity index (χ1) is 8.53. The first kappa shape index (κ1) is 14.4. The molecule has 1 aliphatic carbocycles. The van der Waals surface area contributed by atoms with E-state index in [4.69, 9.17) is 11.5 Å². The van der Waals surface area contributed by atoms with Crippen LogP contribution in [0.2, 0.25) is 0 Å². The Morgan fingerprint density at radius 3 is 2.56 bits per heavy atom. The molecule has 18 heavy (non-hydrogen) atoms. The molecule has 2 N–H and O–H groups in total. The van der Waals surface area contributed by atoms with Gasteiger partial charge in [0.05, 0.1) is 18.5 Å². The van der Waals surface area contributed by atoms with Crippen LogP contribution in [0.25, 0.3) is 0 Å².